The highest BCUT2D eigenvalue weighted by molar-refractivity contribution is 5.69. The Labute approximate surface area is 294 Å². The maximum absolute atomic E-state index is 12.7. The quantitative estimate of drug-likeness (QED) is 0.0393. The van der Waals surface area contributed by atoms with Gasteiger partial charge in [-0.25, -0.2) is 0 Å². The molecule has 47 heavy (non-hydrogen) atoms. The number of allylic oxidation sites excluding steroid dienone is 10. The molecule has 3 heteroatoms. The second kappa shape index (κ2) is 35.4. The fourth-order valence-corrected chi connectivity index (χ4v) is 5.87. The van der Waals surface area contributed by atoms with E-state index in [4.69, 9.17) is 4.74 Å². The zero-order chi connectivity index (χ0) is 34.5. The third kappa shape index (κ3) is 35.3. The van der Waals surface area contributed by atoms with Crippen LogP contribution in [0.5, 0.6) is 0 Å². The Morgan fingerprint density at radius 1 is 0.532 bits per heavy atom. The van der Waals surface area contributed by atoms with Crippen molar-refractivity contribution in [2.24, 2.45) is 0 Å². The van der Waals surface area contributed by atoms with Gasteiger partial charge in [-0.1, -0.05) is 139 Å². The average molecular weight is 654 g/mol. The Bertz CT molecular complexity index is 821. The minimum absolute atomic E-state index is 0.00809. The van der Waals surface area contributed by atoms with Crippen molar-refractivity contribution < 1.29 is 9.53 Å². The molecule has 0 amide bonds. The lowest BCUT2D eigenvalue weighted by Crippen LogP contribution is -2.32. The number of nitrogens with zero attached hydrogens (tertiary/aromatic N) is 1. The van der Waals surface area contributed by atoms with Gasteiger partial charge < -0.3 is 9.64 Å². The third-order valence-electron chi connectivity index (χ3n) is 8.86. The molecule has 0 fully saturated rings. The second-order valence-corrected chi connectivity index (χ2v) is 14.1. The molecule has 0 aliphatic heterocycles. The first-order valence-electron chi connectivity index (χ1n) is 20.0. The van der Waals surface area contributed by atoms with Crippen LogP contribution in [-0.4, -0.2) is 37.1 Å². The van der Waals surface area contributed by atoms with E-state index in [1.807, 2.05) is 0 Å². The summed E-state index contributed by atoms with van der Waals surface area (Å²) in [5, 5.41) is 0. The summed E-state index contributed by atoms with van der Waals surface area (Å²) in [5.41, 5.74) is -0.310. The van der Waals surface area contributed by atoms with Crippen LogP contribution in [0.25, 0.3) is 0 Å². The highest BCUT2D eigenvalue weighted by Gasteiger charge is 2.27. The molecule has 0 aliphatic rings. The fourth-order valence-electron chi connectivity index (χ4n) is 5.87. The highest BCUT2D eigenvalue weighted by Crippen LogP contribution is 2.28. The van der Waals surface area contributed by atoms with E-state index < -0.39 is 0 Å². The Hall–Kier alpha value is -1.87. The number of unbranched alkanes of at least 4 members (excludes halogenated alkanes) is 15. The van der Waals surface area contributed by atoms with Gasteiger partial charge in [-0.15, -0.1) is 0 Å². The lowest BCUT2D eigenvalue weighted by atomic mass is 9.91. The minimum atomic E-state index is -0.310. The first kappa shape index (κ1) is 45.1. The van der Waals surface area contributed by atoms with Crippen molar-refractivity contribution in [3.05, 3.63) is 60.8 Å². The van der Waals surface area contributed by atoms with Crippen molar-refractivity contribution in [3.63, 3.8) is 0 Å². The molecular formula is C44H79NO2. The van der Waals surface area contributed by atoms with Crippen molar-refractivity contribution in [1.29, 1.82) is 0 Å². The van der Waals surface area contributed by atoms with Gasteiger partial charge in [0.05, 0.1) is 0 Å². The van der Waals surface area contributed by atoms with Crippen LogP contribution in [0.4, 0.5) is 0 Å². The summed E-state index contributed by atoms with van der Waals surface area (Å²) in [4.78, 5) is 14.9. The van der Waals surface area contributed by atoms with Gasteiger partial charge in [0, 0.05) is 6.42 Å². The minimum Gasteiger partial charge on any atom is -0.459 e. The van der Waals surface area contributed by atoms with Crippen molar-refractivity contribution in [3.8, 4) is 0 Å². The number of ether oxygens (including phenoxy) is 1. The third-order valence-corrected chi connectivity index (χ3v) is 8.86. The molecule has 0 saturated carbocycles. The summed E-state index contributed by atoms with van der Waals surface area (Å²) in [5.74, 6) is -0.00809. The van der Waals surface area contributed by atoms with E-state index in [1.54, 1.807) is 0 Å². The zero-order valence-electron chi connectivity index (χ0n) is 32.1. The molecule has 0 aromatic carbocycles. The molecule has 0 aliphatic carbocycles. The lowest BCUT2D eigenvalue weighted by molar-refractivity contribution is -0.160. The van der Waals surface area contributed by atoms with Crippen LogP contribution in [-0.2, 0) is 9.53 Å². The van der Waals surface area contributed by atoms with Crippen LogP contribution in [0.15, 0.2) is 60.8 Å². The smallest absolute Gasteiger partial charge is 0.306 e. The Kier molecular flexibility index (Phi) is 34.0. The van der Waals surface area contributed by atoms with Gasteiger partial charge in [-0.05, 0) is 124 Å². The van der Waals surface area contributed by atoms with Crippen molar-refractivity contribution in [1.82, 2.24) is 4.90 Å². The van der Waals surface area contributed by atoms with Gasteiger partial charge in [-0.3, -0.25) is 4.79 Å². The standard InChI is InChI=1S/C44H79NO2/c1-6-8-10-12-14-16-18-20-22-24-26-28-30-32-34-36-40-44(3,47-43(46)39-38-42-45(4)5)41-37-35-33-31-29-27-25-23-21-19-17-15-13-11-9-7-2/h8,10,14-17,20-23H,6-7,9,11-13,18-19,24-42H2,1-5H3/b10-8-,16-14-,17-15-,22-20-,23-21-. The van der Waals surface area contributed by atoms with Crippen LogP contribution in [0, 0.1) is 0 Å². The van der Waals surface area contributed by atoms with Crippen molar-refractivity contribution >= 4 is 5.97 Å². The summed E-state index contributed by atoms with van der Waals surface area (Å²) in [6.45, 7) is 7.57. The molecule has 0 spiro atoms. The number of esters is 1. The maximum atomic E-state index is 12.7. The van der Waals surface area contributed by atoms with Gasteiger partial charge in [0.2, 0.25) is 0 Å². The van der Waals surface area contributed by atoms with Gasteiger partial charge in [0.1, 0.15) is 5.60 Å². The van der Waals surface area contributed by atoms with E-state index in [1.165, 1.54) is 103 Å². The summed E-state index contributed by atoms with van der Waals surface area (Å²) in [7, 11) is 4.12. The SMILES string of the molecule is CC/C=C\C/C=C\C/C=C\CCCCCCCCC(C)(CCCCCCCC/C=C\C/C=C\CCCCC)OC(=O)CCCN(C)C. The van der Waals surface area contributed by atoms with E-state index in [9.17, 15) is 4.79 Å². The van der Waals surface area contributed by atoms with Crippen LogP contribution >= 0.6 is 0 Å². The fraction of sp³-hybridized carbons (Fsp3) is 0.750. The monoisotopic (exact) mass is 654 g/mol. The molecule has 0 saturated heterocycles. The normalized spacial score (nSPS) is 13.8. The predicted octanol–water partition coefficient (Wildman–Crippen LogP) is 13.8. The van der Waals surface area contributed by atoms with E-state index in [0.717, 1.165) is 64.3 Å². The van der Waals surface area contributed by atoms with Gasteiger partial charge in [-0.2, -0.15) is 0 Å². The molecule has 0 radical (unpaired) electrons. The van der Waals surface area contributed by atoms with Gasteiger partial charge in [0.15, 0.2) is 0 Å². The number of hydrogen-bond donors (Lipinski definition) is 0. The second-order valence-electron chi connectivity index (χ2n) is 14.1. The molecule has 3 nitrogen and oxygen atoms in total. The number of rotatable bonds is 34. The number of carbonyl (C=O) groups is 1. The Morgan fingerprint density at radius 3 is 1.38 bits per heavy atom. The van der Waals surface area contributed by atoms with Crippen LogP contribution in [0.1, 0.15) is 188 Å². The number of carbonyl (C=O) groups excluding carboxylic acids is 1. The lowest BCUT2D eigenvalue weighted by Gasteiger charge is -2.30. The average Bonchev–Trinajstić information content (AvgIpc) is 3.04. The molecule has 1 atom stereocenters. The molecule has 0 aromatic heterocycles. The van der Waals surface area contributed by atoms with Crippen molar-refractivity contribution in [2.75, 3.05) is 20.6 Å². The predicted molar refractivity (Wildman–Crippen MR) is 210 cm³/mol. The molecule has 1 unspecified atom stereocenters. The molecule has 0 aromatic rings. The van der Waals surface area contributed by atoms with Gasteiger partial charge in [0.25, 0.3) is 0 Å². The maximum Gasteiger partial charge on any atom is 0.306 e. The first-order valence-corrected chi connectivity index (χ1v) is 20.0. The van der Waals surface area contributed by atoms with E-state index in [0.29, 0.717) is 6.42 Å². The van der Waals surface area contributed by atoms with Crippen LogP contribution in [0.2, 0.25) is 0 Å². The summed E-state index contributed by atoms with van der Waals surface area (Å²) >= 11 is 0. The van der Waals surface area contributed by atoms with E-state index >= 15 is 0 Å². The van der Waals surface area contributed by atoms with Crippen LogP contribution in [0.3, 0.4) is 0 Å². The topological polar surface area (TPSA) is 29.5 Å². The van der Waals surface area contributed by atoms with E-state index in [-0.39, 0.29) is 11.6 Å². The number of hydrogen-bond acceptors (Lipinski definition) is 3. The largest absolute Gasteiger partial charge is 0.459 e. The molecule has 0 bridgehead atoms. The summed E-state index contributed by atoms with van der Waals surface area (Å²) in [6, 6.07) is 0. The van der Waals surface area contributed by atoms with Gasteiger partial charge >= 0.3 is 5.97 Å². The Morgan fingerprint density at radius 2 is 0.936 bits per heavy atom. The molecular weight excluding hydrogens is 574 g/mol. The summed E-state index contributed by atoms with van der Waals surface area (Å²) < 4.78 is 6.18. The highest BCUT2D eigenvalue weighted by atomic mass is 16.6. The van der Waals surface area contributed by atoms with Crippen LogP contribution < -0.4 is 0 Å². The first-order chi connectivity index (χ1) is 22.9. The van der Waals surface area contributed by atoms with Crippen molar-refractivity contribution in [2.45, 2.75) is 193 Å². The molecule has 0 rings (SSSR count). The zero-order valence-corrected chi connectivity index (χ0v) is 32.1. The molecule has 0 heterocycles. The molecule has 272 valence electrons. The summed E-state index contributed by atoms with van der Waals surface area (Å²) in [6.07, 6.45) is 53.5. The molecule has 0 N–H and O–H groups in total. The Balaban J connectivity index is 4.18. The van der Waals surface area contributed by atoms with E-state index in [2.05, 4.69) is 101 Å².